The lowest BCUT2D eigenvalue weighted by Gasteiger charge is -2.28. The summed E-state index contributed by atoms with van der Waals surface area (Å²) in [6, 6.07) is 12.5. The highest BCUT2D eigenvalue weighted by Crippen LogP contribution is 2.19. The predicted molar refractivity (Wildman–Crippen MR) is 78.7 cm³/mol. The van der Waals surface area contributed by atoms with Crippen LogP contribution in [0.5, 0.6) is 0 Å². The maximum Gasteiger partial charge on any atom is 0.174 e. The Kier molecular flexibility index (Phi) is 3.76. The molecule has 1 aliphatic heterocycles. The zero-order chi connectivity index (χ0) is 13.1. The van der Waals surface area contributed by atoms with E-state index in [0.717, 1.165) is 30.9 Å². The van der Waals surface area contributed by atoms with Gasteiger partial charge in [0.1, 0.15) is 0 Å². The van der Waals surface area contributed by atoms with Crippen LogP contribution in [0.15, 0.2) is 41.8 Å². The number of hydrogen-bond donors (Lipinski definition) is 0. The van der Waals surface area contributed by atoms with Gasteiger partial charge in [-0.15, -0.1) is 11.3 Å². The van der Waals surface area contributed by atoms with Gasteiger partial charge in [-0.1, -0.05) is 30.3 Å². The number of benzene rings is 1. The van der Waals surface area contributed by atoms with Crippen LogP contribution in [0, 0.1) is 0 Å². The van der Waals surface area contributed by atoms with E-state index in [0.29, 0.717) is 6.42 Å². The van der Waals surface area contributed by atoms with Gasteiger partial charge in [0.05, 0.1) is 4.88 Å². The van der Waals surface area contributed by atoms with Gasteiger partial charge < -0.3 is 0 Å². The van der Waals surface area contributed by atoms with Gasteiger partial charge >= 0.3 is 0 Å². The zero-order valence-corrected chi connectivity index (χ0v) is 11.7. The summed E-state index contributed by atoms with van der Waals surface area (Å²) in [5.41, 5.74) is 2.88. The summed E-state index contributed by atoms with van der Waals surface area (Å²) < 4.78 is 0. The number of Topliss-reactive ketones (excluding diaryl/α,β-unsaturated/α-hetero) is 1. The summed E-state index contributed by atoms with van der Waals surface area (Å²) in [6.45, 7) is 2.91. The molecule has 0 unspecified atom stereocenters. The summed E-state index contributed by atoms with van der Waals surface area (Å²) in [4.78, 5) is 15.2. The molecule has 1 aromatic heterocycles. The van der Waals surface area contributed by atoms with E-state index in [1.165, 1.54) is 22.5 Å². The minimum atomic E-state index is 0.272. The average molecular weight is 271 g/mol. The minimum absolute atomic E-state index is 0.272. The van der Waals surface area contributed by atoms with Crippen molar-refractivity contribution in [3.05, 3.63) is 57.8 Å². The highest BCUT2D eigenvalue weighted by atomic mass is 32.1. The maximum atomic E-state index is 12.0. The highest BCUT2D eigenvalue weighted by Gasteiger charge is 2.16. The third-order valence-electron chi connectivity index (χ3n) is 3.66. The van der Waals surface area contributed by atoms with E-state index in [1.54, 1.807) is 0 Å². The van der Waals surface area contributed by atoms with Crippen LogP contribution in [-0.2, 0) is 13.0 Å². The highest BCUT2D eigenvalue weighted by molar-refractivity contribution is 7.12. The number of carbonyl (C=O) groups excluding carboxylic acids is 1. The molecule has 0 radical (unpaired) electrons. The Bertz CT molecular complexity index is 562. The first kappa shape index (κ1) is 12.6. The van der Waals surface area contributed by atoms with Crippen LogP contribution in [0.1, 0.15) is 27.2 Å². The van der Waals surface area contributed by atoms with E-state index in [-0.39, 0.29) is 5.78 Å². The van der Waals surface area contributed by atoms with Crippen molar-refractivity contribution in [1.29, 1.82) is 0 Å². The van der Waals surface area contributed by atoms with Gasteiger partial charge in [-0.25, -0.2) is 0 Å². The molecule has 0 saturated carbocycles. The Hall–Kier alpha value is -1.45. The second kappa shape index (κ2) is 5.68. The van der Waals surface area contributed by atoms with Crippen LogP contribution >= 0.6 is 11.3 Å². The van der Waals surface area contributed by atoms with E-state index in [4.69, 9.17) is 0 Å². The Morgan fingerprint density at radius 2 is 2.00 bits per heavy atom. The van der Waals surface area contributed by atoms with Crippen LogP contribution in [0.2, 0.25) is 0 Å². The number of fused-ring (bicyclic) bond motifs is 1. The molecule has 19 heavy (non-hydrogen) atoms. The first-order valence-electron chi connectivity index (χ1n) is 6.69. The van der Waals surface area contributed by atoms with Crippen LogP contribution in [0.3, 0.4) is 0 Å². The molecular weight excluding hydrogens is 254 g/mol. The molecule has 0 bridgehead atoms. The lowest BCUT2D eigenvalue weighted by atomic mass is 10.00. The molecule has 0 fully saturated rings. The van der Waals surface area contributed by atoms with Crippen molar-refractivity contribution >= 4 is 17.1 Å². The quantitative estimate of drug-likeness (QED) is 0.795. The molecule has 2 aromatic rings. The molecule has 3 rings (SSSR count). The van der Waals surface area contributed by atoms with E-state index in [9.17, 15) is 4.79 Å². The molecule has 0 N–H and O–H groups in total. The molecular formula is C16H17NOS. The van der Waals surface area contributed by atoms with Gasteiger partial charge in [-0.05, 0) is 29.0 Å². The third kappa shape index (κ3) is 2.94. The molecule has 1 aromatic carbocycles. The van der Waals surface area contributed by atoms with Gasteiger partial charge in [0.15, 0.2) is 5.78 Å². The molecule has 0 saturated heterocycles. The van der Waals surface area contributed by atoms with Crippen LogP contribution in [0.4, 0.5) is 0 Å². The first-order chi connectivity index (χ1) is 9.33. The number of nitrogens with zero attached hydrogens (tertiary/aromatic N) is 1. The van der Waals surface area contributed by atoms with Gasteiger partial charge in [-0.2, -0.15) is 0 Å². The van der Waals surface area contributed by atoms with Crippen molar-refractivity contribution in [2.24, 2.45) is 0 Å². The van der Waals surface area contributed by atoms with Crippen molar-refractivity contribution in [2.75, 3.05) is 13.1 Å². The second-order valence-electron chi connectivity index (χ2n) is 4.95. The van der Waals surface area contributed by atoms with Crippen LogP contribution < -0.4 is 0 Å². The molecule has 2 heterocycles. The lowest BCUT2D eigenvalue weighted by molar-refractivity contribution is 0.0964. The summed E-state index contributed by atoms with van der Waals surface area (Å²) in [5, 5.41) is 1.96. The summed E-state index contributed by atoms with van der Waals surface area (Å²) in [7, 11) is 0. The fourth-order valence-electron chi connectivity index (χ4n) is 2.57. The fourth-order valence-corrected chi connectivity index (χ4v) is 3.26. The molecule has 0 amide bonds. The predicted octanol–water partition coefficient (Wildman–Crippen LogP) is 3.38. The number of thiophene rings is 1. The summed E-state index contributed by atoms with van der Waals surface area (Å²) in [5.74, 6) is 0.272. The number of rotatable bonds is 4. The number of carbonyl (C=O) groups is 1. The normalized spacial score (nSPS) is 15.2. The average Bonchev–Trinajstić information content (AvgIpc) is 2.99. The Morgan fingerprint density at radius 3 is 2.79 bits per heavy atom. The standard InChI is InChI=1S/C16H17NOS/c18-15(16-6-3-11-19-16)8-10-17-9-7-13-4-1-2-5-14(13)12-17/h1-6,11H,7-10,12H2. The molecule has 1 aliphatic rings. The Labute approximate surface area is 117 Å². The topological polar surface area (TPSA) is 20.3 Å². The van der Waals surface area contributed by atoms with E-state index in [2.05, 4.69) is 29.2 Å². The third-order valence-corrected chi connectivity index (χ3v) is 4.57. The zero-order valence-electron chi connectivity index (χ0n) is 10.8. The minimum Gasteiger partial charge on any atom is -0.298 e. The molecule has 0 spiro atoms. The largest absolute Gasteiger partial charge is 0.298 e. The van der Waals surface area contributed by atoms with Gasteiger partial charge in [0.2, 0.25) is 0 Å². The maximum absolute atomic E-state index is 12.0. The van der Waals surface area contributed by atoms with Gasteiger partial charge in [0, 0.05) is 26.1 Å². The SMILES string of the molecule is O=C(CCN1CCc2ccccc2C1)c1cccs1. The van der Waals surface area contributed by atoms with Crippen molar-refractivity contribution in [3.63, 3.8) is 0 Å². The number of hydrogen-bond acceptors (Lipinski definition) is 3. The summed E-state index contributed by atoms with van der Waals surface area (Å²) in [6.07, 6.45) is 1.73. The summed E-state index contributed by atoms with van der Waals surface area (Å²) >= 11 is 1.54. The molecule has 0 aliphatic carbocycles. The van der Waals surface area contributed by atoms with Gasteiger partial charge in [0.25, 0.3) is 0 Å². The van der Waals surface area contributed by atoms with Crippen LogP contribution in [0.25, 0.3) is 0 Å². The van der Waals surface area contributed by atoms with Crippen molar-refractivity contribution in [2.45, 2.75) is 19.4 Å². The fraction of sp³-hybridized carbons (Fsp3) is 0.312. The van der Waals surface area contributed by atoms with Crippen molar-refractivity contribution in [3.8, 4) is 0 Å². The lowest BCUT2D eigenvalue weighted by Crippen LogP contribution is -2.32. The second-order valence-corrected chi connectivity index (χ2v) is 5.89. The van der Waals surface area contributed by atoms with E-state index in [1.807, 2.05) is 17.5 Å². The molecule has 2 nitrogen and oxygen atoms in total. The molecule has 0 atom stereocenters. The smallest absolute Gasteiger partial charge is 0.174 e. The Morgan fingerprint density at radius 1 is 1.16 bits per heavy atom. The Balaban J connectivity index is 1.57. The molecule has 98 valence electrons. The van der Waals surface area contributed by atoms with Crippen molar-refractivity contribution < 1.29 is 4.79 Å². The van der Waals surface area contributed by atoms with Crippen LogP contribution in [-0.4, -0.2) is 23.8 Å². The monoisotopic (exact) mass is 271 g/mol. The van der Waals surface area contributed by atoms with E-state index >= 15 is 0 Å². The van der Waals surface area contributed by atoms with Gasteiger partial charge in [-0.3, -0.25) is 9.69 Å². The molecule has 3 heteroatoms. The number of ketones is 1. The first-order valence-corrected chi connectivity index (χ1v) is 7.57. The van der Waals surface area contributed by atoms with Crippen molar-refractivity contribution in [1.82, 2.24) is 4.90 Å². The van der Waals surface area contributed by atoms with E-state index < -0.39 is 0 Å².